The lowest BCUT2D eigenvalue weighted by atomic mass is 10.3. The maximum Gasteiger partial charge on any atom is 0.241 e. The fourth-order valence-electron chi connectivity index (χ4n) is 0.838. The molecule has 0 unspecified atom stereocenters. The average molecular weight is 165 g/mol. The van der Waals surface area contributed by atoms with E-state index in [4.69, 9.17) is 10.2 Å². The molecule has 0 radical (unpaired) electrons. The van der Waals surface area contributed by atoms with E-state index in [0.29, 0.717) is 5.76 Å². The first-order chi connectivity index (χ1) is 5.72. The summed E-state index contributed by atoms with van der Waals surface area (Å²) in [6.07, 6.45) is 3.68. The predicted octanol–water partition coefficient (Wildman–Crippen LogP) is 1.34. The zero-order valence-electron chi connectivity index (χ0n) is 6.91. The summed E-state index contributed by atoms with van der Waals surface area (Å²) in [5.74, 6) is 1.09. The van der Waals surface area contributed by atoms with E-state index in [-0.39, 0.29) is 0 Å². The van der Waals surface area contributed by atoms with Crippen LogP contribution < -0.4 is 5.73 Å². The number of primary amides is 1. The zero-order valence-corrected chi connectivity index (χ0v) is 6.91. The summed E-state index contributed by atoms with van der Waals surface area (Å²) in [6, 6.07) is 3.68. The van der Waals surface area contributed by atoms with E-state index in [1.54, 1.807) is 12.1 Å². The van der Waals surface area contributed by atoms with Crippen LogP contribution in [0.5, 0.6) is 0 Å². The Morgan fingerprint density at radius 3 is 2.92 bits per heavy atom. The zero-order chi connectivity index (χ0) is 8.97. The number of furan rings is 1. The van der Waals surface area contributed by atoms with Crippen molar-refractivity contribution in [2.24, 2.45) is 5.73 Å². The monoisotopic (exact) mass is 165 g/mol. The van der Waals surface area contributed by atoms with Gasteiger partial charge in [0, 0.05) is 12.5 Å². The number of aryl methyl sites for hydroxylation is 1. The van der Waals surface area contributed by atoms with Crippen molar-refractivity contribution in [3.63, 3.8) is 0 Å². The molecule has 12 heavy (non-hydrogen) atoms. The number of carbonyl (C=O) groups is 1. The molecule has 1 aromatic rings. The molecule has 0 saturated heterocycles. The third-order valence-electron chi connectivity index (χ3n) is 1.44. The van der Waals surface area contributed by atoms with Gasteiger partial charge >= 0.3 is 0 Å². The molecule has 1 rings (SSSR count). The number of rotatable bonds is 3. The largest absolute Gasteiger partial charge is 0.462 e. The van der Waals surface area contributed by atoms with E-state index in [1.807, 2.05) is 13.0 Å². The summed E-state index contributed by atoms with van der Waals surface area (Å²) < 4.78 is 5.29. The third-order valence-corrected chi connectivity index (χ3v) is 1.44. The van der Waals surface area contributed by atoms with Gasteiger partial charge < -0.3 is 10.2 Å². The third kappa shape index (κ3) is 2.27. The first-order valence-electron chi connectivity index (χ1n) is 3.78. The Balaban J connectivity index is 2.70. The van der Waals surface area contributed by atoms with Gasteiger partial charge in [0.05, 0.1) is 0 Å². The molecule has 0 saturated carbocycles. The van der Waals surface area contributed by atoms with Crippen molar-refractivity contribution in [1.82, 2.24) is 0 Å². The summed E-state index contributed by atoms with van der Waals surface area (Å²) >= 11 is 0. The quantitative estimate of drug-likeness (QED) is 0.687. The van der Waals surface area contributed by atoms with Crippen LogP contribution in [0.15, 0.2) is 22.6 Å². The normalized spacial score (nSPS) is 10.8. The van der Waals surface area contributed by atoms with Crippen LogP contribution in [0.4, 0.5) is 0 Å². The second-order valence-electron chi connectivity index (χ2n) is 2.39. The molecule has 0 aromatic carbocycles. The Bertz CT molecular complexity index is 299. The van der Waals surface area contributed by atoms with Crippen molar-refractivity contribution in [3.05, 3.63) is 29.7 Å². The van der Waals surface area contributed by atoms with Crippen molar-refractivity contribution < 1.29 is 9.21 Å². The maximum absolute atomic E-state index is 10.3. The minimum atomic E-state index is -0.468. The summed E-state index contributed by atoms with van der Waals surface area (Å²) in [4.78, 5) is 10.3. The number of carbonyl (C=O) groups excluding carboxylic acids is 1. The molecule has 1 heterocycles. The molecule has 0 aliphatic carbocycles. The minimum absolute atomic E-state index is 0.468. The van der Waals surface area contributed by atoms with Gasteiger partial charge in [-0.05, 0) is 18.2 Å². The summed E-state index contributed by atoms with van der Waals surface area (Å²) in [5, 5.41) is 0. The minimum Gasteiger partial charge on any atom is -0.462 e. The lowest BCUT2D eigenvalue weighted by molar-refractivity contribution is -0.113. The van der Waals surface area contributed by atoms with Crippen LogP contribution in [0, 0.1) is 0 Å². The maximum atomic E-state index is 10.3. The Morgan fingerprint density at radius 1 is 1.67 bits per heavy atom. The first-order valence-corrected chi connectivity index (χ1v) is 3.78. The van der Waals surface area contributed by atoms with Gasteiger partial charge in [-0.3, -0.25) is 4.79 Å². The van der Waals surface area contributed by atoms with Crippen LogP contribution in [-0.4, -0.2) is 5.91 Å². The second kappa shape index (κ2) is 3.76. The van der Waals surface area contributed by atoms with Crippen LogP contribution in [-0.2, 0) is 11.2 Å². The van der Waals surface area contributed by atoms with Crippen molar-refractivity contribution in [2.75, 3.05) is 0 Å². The highest BCUT2D eigenvalue weighted by Crippen LogP contribution is 2.09. The van der Waals surface area contributed by atoms with Gasteiger partial charge in [0.25, 0.3) is 0 Å². The Hall–Kier alpha value is -1.51. The molecule has 0 bridgehead atoms. The van der Waals surface area contributed by atoms with Crippen molar-refractivity contribution in [2.45, 2.75) is 13.3 Å². The number of hydrogen-bond acceptors (Lipinski definition) is 2. The standard InChI is InChI=1S/C9H11NO2/c1-2-7-3-4-8(12-7)5-6-9(10)11/h3-6H,2H2,1H3,(H2,10,11). The molecule has 3 nitrogen and oxygen atoms in total. The molecule has 0 aliphatic rings. The molecule has 1 amide bonds. The summed E-state index contributed by atoms with van der Waals surface area (Å²) in [5.41, 5.74) is 4.91. The molecular weight excluding hydrogens is 154 g/mol. The molecule has 3 heteroatoms. The smallest absolute Gasteiger partial charge is 0.241 e. The topological polar surface area (TPSA) is 56.2 Å². The Labute approximate surface area is 70.9 Å². The molecule has 0 spiro atoms. The Morgan fingerprint density at radius 2 is 2.42 bits per heavy atom. The van der Waals surface area contributed by atoms with Crippen LogP contribution in [0.3, 0.4) is 0 Å². The van der Waals surface area contributed by atoms with E-state index in [0.717, 1.165) is 12.2 Å². The van der Waals surface area contributed by atoms with Crippen LogP contribution in [0.2, 0.25) is 0 Å². The fraction of sp³-hybridized carbons (Fsp3) is 0.222. The highest BCUT2D eigenvalue weighted by Gasteiger charge is 1.95. The van der Waals surface area contributed by atoms with E-state index in [2.05, 4.69) is 0 Å². The van der Waals surface area contributed by atoms with Gasteiger partial charge in [-0.1, -0.05) is 6.92 Å². The fourth-order valence-corrected chi connectivity index (χ4v) is 0.838. The SMILES string of the molecule is CCc1ccc(C=CC(N)=O)o1. The van der Waals surface area contributed by atoms with E-state index in [9.17, 15) is 4.79 Å². The molecule has 64 valence electrons. The van der Waals surface area contributed by atoms with Crippen molar-refractivity contribution in [1.29, 1.82) is 0 Å². The van der Waals surface area contributed by atoms with Crippen molar-refractivity contribution in [3.8, 4) is 0 Å². The molecule has 2 N–H and O–H groups in total. The predicted molar refractivity (Wildman–Crippen MR) is 46.3 cm³/mol. The molecule has 0 fully saturated rings. The van der Waals surface area contributed by atoms with E-state index < -0.39 is 5.91 Å². The van der Waals surface area contributed by atoms with E-state index in [1.165, 1.54) is 6.08 Å². The average Bonchev–Trinajstić information content (AvgIpc) is 2.48. The van der Waals surface area contributed by atoms with Crippen molar-refractivity contribution >= 4 is 12.0 Å². The van der Waals surface area contributed by atoms with Gasteiger partial charge in [-0.15, -0.1) is 0 Å². The van der Waals surface area contributed by atoms with Gasteiger partial charge in [0.1, 0.15) is 11.5 Å². The first kappa shape index (κ1) is 8.59. The summed E-state index contributed by atoms with van der Waals surface area (Å²) in [6.45, 7) is 2.00. The molecule has 0 atom stereocenters. The van der Waals surface area contributed by atoms with Crippen LogP contribution >= 0.6 is 0 Å². The van der Waals surface area contributed by atoms with Crippen LogP contribution in [0.25, 0.3) is 6.08 Å². The van der Waals surface area contributed by atoms with Gasteiger partial charge in [-0.25, -0.2) is 0 Å². The van der Waals surface area contributed by atoms with Gasteiger partial charge in [0.15, 0.2) is 0 Å². The van der Waals surface area contributed by atoms with E-state index >= 15 is 0 Å². The highest BCUT2D eigenvalue weighted by atomic mass is 16.3. The number of hydrogen-bond donors (Lipinski definition) is 1. The second-order valence-corrected chi connectivity index (χ2v) is 2.39. The number of nitrogens with two attached hydrogens (primary N) is 1. The lowest BCUT2D eigenvalue weighted by Crippen LogP contribution is -2.04. The molecule has 0 aliphatic heterocycles. The van der Waals surface area contributed by atoms with Crippen LogP contribution in [0.1, 0.15) is 18.4 Å². The molecular formula is C9H11NO2. The summed E-state index contributed by atoms with van der Waals surface area (Å²) in [7, 11) is 0. The Kier molecular flexibility index (Phi) is 2.69. The highest BCUT2D eigenvalue weighted by molar-refractivity contribution is 5.89. The number of amides is 1. The van der Waals surface area contributed by atoms with Gasteiger partial charge in [0.2, 0.25) is 5.91 Å². The molecule has 1 aromatic heterocycles. The lowest BCUT2D eigenvalue weighted by Gasteiger charge is -1.85. The van der Waals surface area contributed by atoms with Gasteiger partial charge in [-0.2, -0.15) is 0 Å².